The Morgan fingerprint density at radius 1 is 1.14 bits per heavy atom. The fourth-order valence-electron chi connectivity index (χ4n) is 3.10. The van der Waals surface area contributed by atoms with Crippen LogP contribution in [0, 0.1) is 17.2 Å². The van der Waals surface area contributed by atoms with Gasteiger partial charge < -0.3 is 4.74 Å². The standard InChI is InChI=1S/C20H21N3O4S/c1-14-19(13-27-28(3,24)25)23(17-8-10-18(26-2)11-9-17)22-20(14)16-6-4-15(12-21)5-7-16/h4-11,14,19H,13H2,1-3H3/t14-,19-/m0/s1. The van der Waals surface area contributed by atoms with Crippen molar-refractivity contribution >= 4 is 21.5 Å². The minimum absolute atomic E-state index is 0.0185. The van der Waals surface area contributed by atoms with Gasteiger partial charge in [0.1, 0.15) is 5.75 Å². The van der Waals surface area contributed by atoms with Crippen molar-refractivity contribution in [2.45, 2.75) is 13.0 Å². The second-order valence-electron chi connectivity index (χ2n) is 6.56. The van der Waals surface area contributed by atoms with Gasteiger partial charge in [0, 0.05) is 5.92 Å². The Morgan fingerprint density at radius 2 is 1.79 bits per heavy atom. The number of nitrogens with zero attached hydrogens (tertiary/aromatic N) is 3. The molecule has 0 aromatic heterocycles. The van der Waals surface area contributed by atoms with Gasteiger partial charge in [0.05, 0.1) is 49.0 Å². The third kappa shape index (κ3) is 4.32. The summed E-state index contributed by atoms with van der Waals surface area (Å²) in [6.45, 7) is 1.96. The molecule has 0 saturated heterocycles. The van der Waals surface area contributed by atoms with Gasteiger partial charge in [-0.25, -0.2) is 0 Å². The van der Waals surface area contributed by atoms with Crippen LogP contribution in [0.25, 0.3) is 0 Å². The maximum atomic E-state index is 11.5. The summed E-state index contributed by atoms with van der Waals surface area (Å²) >= 11 is 0. The first-order valence-corrected chi connectivity index (χ1v) is 10.5. The molecule has 2 aromatic carbocycles. The molecule has 0 unspecified atom stereocenters. The molecule has 0 N–H and O–H groups in total. The van der Waals surface area contributed by atoms with Crippen LogP contribution in [-0.2, 0) is 14.3 Å². The number of nitriles is 1. The highest BCUT2D eigenvalue weighted by atomic mass is 32.2. The van der Waals surface area contributed by atoms with Crippen molar-refractivity contribution in [3.8, 4) is 11.8 Å². The van der Waals surface area contributed by atoms with E-state index in [0.29, 0.717) is 5.56 Å². The van der Waals surface area contributed by atoms with E-state index in [2.05, 4.69) is 6.07 Å². The molecule has 0 radical (unpaired) electrons. The van der Waals surface area contributed by atoms with Crippen molar-refractivity contribution in [2.75, 3.05) is 25.0 Å². The summed E-state index contributed by atoms with van der Waals surface area (Å²) in [5, 5.41) is 15.5. The predicted octanol–water partition coefficient (Wildman–Crippen LogP) is 2.77. The molecule has 1 aliphatic rings. The molecule has 1 aliphatic heterocycles. The third-order valence-corrected chi connectivity index (χ3v) is 5.20. The van der Waals surface area contributed by atoms with Crippen LogP contribution in [0.1, 0.15) is 18.1 Å². The molecular weight excluding hydrogens is 378 g/mol. The first-order valence-electron chi connectivity index (χ1n) is 8.69. The summed E-state index contributed by atoms with van der Waals surface area (Å²) < 4.78 is 33.3. The molecule has 28 heavy (non-hydrogen) atoms. The fourth-order valence-corrected chi connectivity index (χ4v) is 3.49. The van der Waals surface area contributed by atoms with Gasteiger partial charge in [0.25, 0.3) is 10.1 Å². The van der Waals surface area contributed by atoms with E-state index in [-0.39, 0.29) is 18.6 Å². The maximum Gasteiger partial charge on any atom is 0.264 e. The molecule has 1 heterocycles. The molecule has 0 fully saturated rings. The fraction of sp³-hybridized carbons (Fsp3) is 0.300. The van der Waals surface area contributed by atoms with Crippen molar-refractivity contribution in [2.24, 2.45) is 11.0 Å². The van der Waals surface area contributed by atoms with Crippen LogP contribution in [-0.4, -0.2) is 40.1 Å². The quantitative estimate of drug-likeness (QED) is 0.694. The Balaban J connectivity index is 1.96. The van der Waals surface area contributed by atoms with Gasteiger partial charge in [-0.15, -0.1) is 0 Å². The maximum absolute atomic E-state index is 11.5. The van der Waals surface area contributed by atoms with Gasteiger partial charge in [-0.2, -0.15) is 18.8 Å². The normalized spacial score (nSPS) is 19.2. The van der Waals surface area contributed by atoms with E-state index in [1.807, 2.05) is 43.3 Å². The molecule has 146 valence electrons. The summed E-state index contributed by atoms with van der Waals surface area (Å²) in [7, 11) is -1.98. The Kier molecular flexibility index (Phi) is 5.68. The monoisotopic (exact) mass is 399 g/mol. The van der Waals surface area contributed by atoms with E-state index in [1.54, 1.807) is 24.3 Å². The van der Waals surface area contributed by atoms with E-state index in [9.17, 15) is 8.42 Å². The van der Waals surface area contributed by atoms with Gasteiger partial charge in [-0.3, -0.25) is 9.19 Å². The van der Waals surface area contributed by atoms with E-state index < -0.39 is 10.1 Å². The van der Waals surface area contributed by atoms with Gasteiger partial charge >= 0.3 is 0 Å². The lowest BCUT2D eigenvalue weighted by Crippen LogP contribution is -2.37. The highest BCUT2D eigenvalue weighted by molar-refractivity contribution is 7.85. The van der Waals surface area contributed by atoms with Crippen LogP contribution in [0.4, 0.5) is 5.69 Å². The summed E-state index contributed by atoms with van der Waals surface area (Å²) in [5.41, 5.74) is 3.06. The highest BCUT2D eigenvalue weighted by Gasteiger charge is 2.36. The molecule has 2 atom stereocenters. The number of hydrazone groups is 1. The molecule has 2 aromatic rings. The lowest BCUT2D eigenvalue weighted by molar-refractivity contribution is 0.278. The smallest absolute Gasteiger partial charge is 0.264 e. The molecule has 0 aliphatic carbocycles. The zero-order valence-corrected chi connectivity index (χ0v) is 16.7. The van der Waals surface area contributed by atoms with Crippen molar-refractivity contribution in [1.29, 1.82) is 5.26 Å². The Bertz CT molecular complexity index is 1010. The summed E-state index contributed by atoms with van der Waals surface area (Å²) in [6.07, 6.45) is 1.03. The molecule has 3 rings (SSSR count). The van der Waals surface area contributed by atoms with Gasteiger partial charge in [-0.05, 0) is 42.0 Å². The summed E-state index contributed by atoms with van der Waals surface area (Å²) in [6, 6.07) is 16.3. The lowest BCUT2D eigenvalue weighted by atomic mass is 9.93. The van der Waals surface area contributed by atoms with Crippen molar-refractivity contribution in [1.82, 2.24) is 0 Å². The number of ether oxygens (including phenoxy) is 1. The zero-order chi connectivity index (χ0) is 20.3. The van der Waals surface area contributed by atoms with Crippen molar-refractivity contribution in [3.05, 3.63) is 59.7 Å². The predicted molar refractivity (Wildman–Crippen MR) is 107 cm³/mol. The SMILES string of the molecule is COc1ccc(N2N=C(c3ccc(C#N)cc3)[C@@H](C)[C@@H]2COS(C)(=O)=O)cc1. The Hall–Kier alpha value is -2.89. The Labute approximate surface area is 164 Å². The Morgan fingerprint density at radius 3 is 2.32 bits per heavy atom. The van der Waals surface area contributed by atoms with Crippen LogP contribution in [0.2, 0.25) is 0 Å². The zero-order valence-electron chi connectivity index (χ0n) is 15.9. The first kappa shape index (κ1) is 19.9. The molecule has 8 heteroatoms. The topological polar surface area (TPSA) is 92.0 Å². The molecule has 0 amide bonds. The number of hydrogen-bond donors (Lipinski definition) is 0. The average Bonchev–Trinajstić information content (AvgIpc) is 3.02. The highest BCUT2D eigenvalue weighted by Crippen LogP contribution is 2.32. The number of rotatable bonds is 6. The molecule has 0 bridgehead atoms. The average molecular weight is 399 g/mol. The second kappa shape index (κ2) is 8.00. The molecule has 0 spiro atoms. The van der Waals surface area contributed by atoms with Crippen LogP contribution in [0.3, 0.4) is 0 Å². The van der Waals surface area contributed by atoms with E-state index in [4.69, 9.17) is 19.3 Å². The van der Waals surface area contributed by atoms with Crippen molar-refractivity contribution in [3.63, 3.8) is 0 Å². The number of hydrogen-bond acceptors (Lipinski definition) is 7. The van der Waals surface area contributed by atoms with Crippen LogP contribution in [0.15, 0.2) is 53.6 Å². The summed E-state index contributed by atoms with van der Waals surface area (Å²) in [4.78, 5) is 0. The number of benzene rings is 2. The van der Waals surface area contributed by atoms with Crippen LogP contribution >= 0.6 is 0 Å². The lowest BCUT2D eigenvalue weighted by Gasteiger charge is -2.26. The van der Waals surface area contributed by atoms with Gasteiger partial charge in [0.2, 0.25) is 0 Å². The molecular formula is C20H21N3O4S. The summed E-state index contributed by atoms with van der Waals surface area (Å²) in [5.74, 6) is 0.632. The van der Waals surface area contributed by atoms with Gasteiger partial charge in [0.15, 0.2) is 0 Å². The number of anilines is 1. The van der Waals surface area contributed by atoms with Crippen molar-refractivity contribution < 1.29 is 17.3 Å². The minimum Gasteiger partial charge on any atom is -0.497 e. The van der Waals surface area contributed by atoms with E-state index in [0.717, 1.165) is 29.0 Å². The first-order chi connectivity index (χ1) is 13.3. The van der Waals surface area contributed by atoms with Crippen LogP contribution in [0.5, 0.6) is 5.75 Å². The molecule has 7 nitrogen and oxygen atoms in total. The van der Waals surface area contributed by atoms with Gasteiger partial charge in [-0.1, -0.05) is 19.1 Å². The number of methoxy groups -OCH3 is 1. The second-order valence-corrected chi connectivity index (χ2v) is 8.21. The minimum atomic E-state index is -3.58. The van der Waals surface area contributed by atoms with E-state index >= 15 is 0 Å². The van der Waals surface area contributed by atoms with E-state index in [1.165, 1.54) is 0 Å². The molecule has 0 saturated carbocycles. The van der Waals surface area contributed by atoms with Crippen LogP contribution < -0.4 is 9.75 Å². The largest absolute Gasteiger partial charge is 0.497 e. The third-order valence-electron chi connectivity index (χ3n) is 4.64.